The number of rotatable bonds is 5. The maximum atomic E-state index is 5.62. The van der Waals surface area contributed by atoms with Crippen LogP contribution in [0.2, 0.25) is 0 Å². The molecule has 0 atom stereocenters. The summed E-state index contributed by atoms with van der Waals surface area (Å²) in [4.78, 5) is 5.62. The average Bonchev–Trinajstić information content (AvgIpc) is 1.81. The third-order valence-corrected chi connectivity index (χ3v) is 1.75. The van der Waals surface area contributed by atoms with Crippen LogP contribution in [0, 0.1) is 5.92 Å². The van der Waals surface area contributed by atoms with E-state index >= 15 is 0 Å². The van der Waals surface area contributed by atoms with Gasteiger partial charge < -0.3 is 0 Å². The molecule has 0 N–H and O–H groups in total. The van der Waals surface area contributed by atoms with Gasteiger partial charge in [-0.05, 0) is 32.6 Å². The number of hydrogen-bond acceptors (Lipinski definition) is 2. The maximum absolute atomic E-state index is 5.62. The molecule has 74 valence electrons. The molecule has 0 bridgehead atoms. The molecule has 0 rings (SSSR count). The SMILES string of the molecule is CC(C)CCC(C)(C)ON(C)C. The largest absolute Gasteiger partial charge is 0.294 e. The van der Waals surface area contributed by atoms with E-state index in [0.29, 0.717) is 0 Å². The second-order valence-corrected chi connectivity index (χ2v) is 4.60. The van der Waals surface area contributed by atoms with Crippen LogP contribution in [-0.4, -0.2) is 24.8 Å². The second kappa shape index (κ2) is 4.83. The smallest absolute Gasteiger partial charge is 0.0843 e. The Kier molecular flexibility index (Phi) is 4.80. The molecule has 0 aromatic heterocycles. The van der Waals surface area contributed by atoms with Crippen LogP contribution < -0.4 is 0 Å². The molecule has 0 fully saturated rings. The van der Waals surface area contributed by atoms with Gasteiger partial charge in [0.2, 0.25) is 0 Å². The first-order valence-corrected chi connectivity index (χ1v) is 4.70. The van der Waals surface area contributed by atoms with Gasteiger partial charge in [0.1, 0.15) is 0 Å². The van der Waals surface area contributed by atoms with Gasteiger partial charge in [-0.2, -0.15) is 5.06 Å². The topological polar surface area (TPSA) is 12.5 Å². The van der Waals surface area contributed by atoms with E-state index in [1.165, 1.54) is 6.42 Å². The molecule has 12 heavy (non-hydrogen) atoms. The molecule has 0 aliphatic carbocycles. The van der Waals surface area contributed by atoms with Crippen LogP contribution in [0.5, 0.6) is 0 Å². The fourth-order valence-electron chi connectivity index (χ4n) is 1.18. The van der Waals surface area contributed by atoms with Crippen molar-refractivity contribution in [2.75, 3.05) is 14.1 Å². The zero-order valence-electron chi connectivity index (χ0n) is 9.35. The van der Waals surface area contributed by atoms with Crippen LogP contribution >= 0.6 is 0 Å². The molecule has 0 amide bonds. The summed E-state index contributed by atoms with van der Waals surface area (Å²) in [5, 5.41) is 1.78. The van der Waals surface area contributed by atoms with Gasteiger partial charge in [-0.15, -0.1) is 0 Å². The first-order valence-electron chi connectivity index (χ1n) is 4.70. The minimum Gasteiger partial charge on any atom is -0.294 e. The summed E-state index contributed by atoms with van der Waals surface area (Å²) in [5.74, 6) is 0.759. The van der Waals surface area contributed by atoms with Crippen molar-refractivity contribution in [3.8, 4) is 0 Å². The van der Waals surface area contributed by atoms with Crippen molar-refractivity contribution in [1.82, 2.24) is 5.06 Å². The Balaban J connectivity index is 3.71. The van der Waals surface area contributed by atoms with Crippen LogP contribution in [0.15, 0.2) is 0 Å². The number of nitrogens with zero attached hydrogens (tertiary/aromatic N) is 1. The molecule has 0 aromatic carbocycles. The highest BCUT2D eigenvalue weighted by Crippen LogP contribution is 2.20. The predicted molar refractivity (Wildman–Crippen MR) is 52.9 cm³/mol. The quantitative estimate of drug-likeness (QED) is 0.593. The summed E-state index contributed by atoms with van der Waals surface area (Å²) in [6, 6.07) is 0. The van der Waals surface area contributed by atoms with Crippen molar-refractivity contribution in [1.29, 1.82) is 0 Å². The van der Waals surface area contributed by atoms with E-state index in [1.54, 1.807) is 5.06 Å². The van der Waals surface area contributed by atoms with Crippen molar-refractivity contribution < 1.29 is 4.84 Å². The highest BCUT2D eigenvalue weighted by Gasteiger charge is 2.19. The van der Waals surface area contributed by atoms with Crippen LogP contribution in [0.1, 0.15) is 40.5 Å². The van der Waals surface area contributed by atoms with E-state index in [2.05, 4.69) is 27.7 Å². The molecule has 0 spiro atoms. The normalized spacial score (nSPS) is 13.0. The van der Waals surface area contributed by atoms with Crippen molar-refractivity contribution in [3.05, 3.63) is 0 Å². The molecule has 0 saturated carbocycles. The maximum Gasteiger partial charge on any atom is 0.0843 e. The second-order valence-electron chi connectivity index (χ2n) is 4.60. The standard InChI is InChI=1S/C10H23NO/c1-9(2)7-8-10(3,4)12-11(5)6/h9H,7-8H2,1-6H3. The lowest BCUT2D eigenvalue weighted by atomic mass is 9.97. The monoisotopic (exact) mass is 173 g/mol. The Morgan fingerprint density at radius 1 is 1.25 bits per heavy atom. The molecule has 0 aromatic rings. The zero-order valence-corrected chi connectivity index (χ0v) is 9.35. The lowest BCUT2D eigenvalue weighted by Gasteiger charge is -2.28. The Hall–Kier alpha value is -0.0800. The molecule has 0 saturated heterocycles. The van der Waals surface area contributed by atoms with E-state index in [9.17, 15) is 0 Å². The first kappa shape index (κ1) is 11.9. The van der Waals surface area contributed by atoms with Gasteiger partial charge in [-0.1, -0.05) is 13.8 Å². The number of hydroxylamine groups is 2. The fraction of sp³-hybridized carbons (Fsp3) is 1.00. The van der Waals surface area contributed by atoms with E-state index in [0.717, 1.165) is 12.3 Å². The number of hydrogen-bond donors (Lipinski definition) is 0. The Bertz CT molecular complexity index is 119. The predicted octanol–water partition coefficient (Wildman–Crippen LogP) is 2.69. The molecule has 0 radical (unpaired) electrons. The molecule has 0 aliphatic rings. The minimum atomic E-state index is -0.0201. The molecular formula is C10H23NO. The van der Waals surface area contributed by atoms with E-state index in [1.807, 2.05) is 14.1 Å². The molecular weight excluding hydrogens is 150 g/mol. The zero-order chi connectivity index (χ0) is 9.78. The summed E-state index contributed by atoms with van der Waals surface area (Å²) in [6.45, 7) is 8.75. The molecule has 2 heteroatoms. The Morgan fingerprint density at radius 3 is 2.08 bits per heavy atom. The molecule has 2 nitrogen and oxygen atoms in total. The summed E-state index contributed by atoms with van der Waals surface area (Å²) in [7, 11) is 3.86. The highest BCUT2D eigenvalue weighted by molar-refractivity contribution is 4.68. The van der Waals surface area contributed by atoms with Gasteiger partial charge in [-0.25, -0.2) is 0 Å². The van der Waals surface area contributed by atoms with Crippen LogP contribution in [-0.2, 0) is 4.84 Å². The lowest BCUT2D eigenvalue weighted by Crippen LogP contribution is -2.31. The first-order chi connectivity index (χ1) is 5.33. The summed E-state index contributed by atoms with van der Waals surface area (Å²) < 4.78 is 0. The van der Waals surface area contributed by atoms with Crippen LogP contribution in [0.3, 0.4) is 0 Å². The van der Waals surface area contributed by atoms with Crippen LogP contribution in [0.4, 0.5) is 0 Å². The third kappa shape index (κ3) is 6.62. The van der Waals surface area contributed by atoms with Gasteiger partial charge in [0.15, 0.2) is 0 Å². The summed E-state index contributed by atoms with van der Waals surface area (Å²) >= 11 is 0. The molecule has 0 heterocycles. The van der Waals surface area contributed by atoms with E-state index < -0.39 is 0 Å². The summed E-state index contributed by atoms with van der Waals surface area (Å²) in [6.07, 6.45) is 2.34. The van der Waals surface area contributed by atoms with Gasteiger partial charge in [0.05, 0.1) is 5.60 Å². The van der Waals surface area contributed by atoms with Crippen molar-refractivity contribution >= 4 is 0 Å². The van der Waals surface area contributed by atoms with Crippen molar-refractivity contribution in [2.45, 2.75) is 46.1 Å². The molecule has 0 aliphatic heterocycles. The molecule has 0 unspecified atom stereocenters. The van der Waals surface area contributed by atoms with Gasteiger partial charge in [0.25, 0.3) is 0 Å². The third-order valence-electron chi connectivity index (χ3n) is 1.75. The summed E-state index contributed by atoms with van der Waals surface area (Å²) in [5.41, 5.74) is -0.0201. The van der Waals surface area contributed by atoms with Crippen LogP contribution in [0.25, 0.3) is 0 Å². The van der Waals surface area contributed by atoms with Gasteiger partial charge in [0, 0.05) is 14.1 Å². The van der Waals surface area contributed by atoms with E-state index in [4.69, 9.17) is 4.84 Å². The Morgan fingerprint density at radius 2 is 1.75 bits per heavy atom. The Labute approximate surface area is 76.9 Å². The minimum absolute atomic E-state index is 0.0201. The van der Waals surface area contributed by atoms with E-state index in [-0.39, 0.29) is 5.60 Å². The van der Waals surface area contributed by atoms with Gasteiger partial charge in [-0.3, -0.25) is 4.84 Å². The fourth-order valence-corrected chi connectivity index (χ4v) is 1.18. The lowest BCUT2D eigenvalue weighted by molar-refractivity contribution is -0.209. The van der Waals surface area contributed by atoms with Crippen molar-refractivity contribution in [3.63, 3.8) is 0 Å². The van der Waals surface area contributed by atoms with Gasteiger partial charge >= 0.3 is 0 Å². The average molecular weight is 173 g/mol. The highest BCUT2D eigenvalue weighted by atomic mass is 16.7. The van der Waals surface area contributed by atoms with Crippen molar-refractivity contribution in [2.24, 2.45) is 5.92 Å².